The van der Waals surface area contributed by atoms with Crippen molar-refractivity contribution < 1.29 is 19.8 Å². The molecular weight excluding hydrogens is 370 g/mol. The molecule has 0 saturated carbocycles. The van der Waals surface area contributed by atoms with E-state index in [2.05, 4.69) is 43.0 Å². The summed E-state index contributed by atoms with van der Waals surface area (Å²) < 4.78 is 0. The van der Waals surface area contributed by atoms with Gasteiger partial charge in [0.05, 0.1) is 0 Å². The number of amides is 2. The van der Waals surface area contributed by atoms with Crippen LogP contribution >= 0.6 is 0 Å². The van der Waals surface area contributed by atoms with Gasteiger partial charge in [0.1, 0.15) is 5.92 Å². The van der Waals surface area contributed by atoms with Crippen LogP contribution in [0.5, 0.6) is 0 Å². The van der Waals surface area contributed by atoms with E-state index in [-0.39, 0.29) is 18.4 Å². The van der Waals surface area contributed by atoms with Gasteiger partial charge in [-0.15, -0.1) is 0 Å². The smallest absolute Gasteiger partial charge is 0.278 e. The van der Waals surface area contributed by atoms with Crippen molar-refractivity contribution in [1.29, 1.82) is 0 Å². The Morgan fingerprint density at radius 2 is 1.72 bits per heavy atom. The van der Waals surface area contributed by atoms with Crippen molar-refractivity contribution in [2.75, 3.05) is 24.5 Å². The molecule has 1 saturated heterocycles. The number of anilines is 1. The number of hydrogen-bond donors (Lipinski definition) is 3. The van der Waals surface area contributed by atoms with Crippen molar-refractivity contribution in [3.63, 3.8) is 0 Å². The minimum absolute atomic E-state index is 0.00181. The third-order valence-corrected chi connectivity index (χ3v) is 5.69. The molecule has 7 nitrogen and oxygen atoms in total. The highest BCUT2D eigenvalue weighted by atomic mass is 16.5. The van der Waals surface area contributed by atoms with E-state index in [1.165, 1.54) is 5.56 Å². The van der Waals surface area contributed by atoms with Crippen LogP contribution in [0.4, 0.5) is 5.69 Å². The molecule has 2 amide bonds. The van der Waals surface area contributed by atoms with Gasteiger partial charge in [0.15, 0.2) is 0 Å². The lowest BCUT2D eigenvalue weighted by Gasteiger charge is -2.43. The third-order valence-electron chi connectivity index (χ3n) is 5.69. The first-order valence-electron chi connectivity index (χ1n) is 10.3. The second-order valence-electron chi connectivity index (χ2n) is 8.85. The van der Waals surface area contributed by atoms with Gasteiger partial charge in [0, 0.05) is 31.4 Å². The summed E-state index contributed by atoms with van der Waals surface area (Å²) in [4.78, 5) is 28.6. The predicted molar refractivity (Wildman–Crippen MR) is 113 cm³/mol. The Balaban J connectivity index is 2.14. The topological polar surface area (TPSA) is 107 Å². The zero-order chi connectivity index (χ0) is 21.9. The quantitative estimate of drug-likeness (QED) is 0.598. The Labute approximate surface area is 173 Å². The van der Waals surface area contributed by atoms with Crippen molar-refractivity contribution in [1.82, 2.24) is 4.90 Å². The zero-order valence-corrected chi connectivity index (χ0v) is 18.1. The fraction of sp³-hybridized carbons (Fsp3) is 0.636. The van der Waals surface area contributed by atoms with Crippen LogP contribution in [0.15, 0.2) is 24.3 Å². The molecule has 2 atom stereocenters. The van der Waals surface area contributed by atoms with E-state index in [0.29, 0.717) is 25.6 Å². The molecule has 0 aliphatic carbocycles. The largest absolute Gasteiger partial charge is 0.368 e. The van der Waals surface area contributed by atoms with Gasteiger partial charge in [0.2, 0.25) is 5.91 Å². The molecule has 29 heavy (non-hydrogen) atoms. The lowest BCUT2D eigenvalue weighted by atomic mass is 9.87. The van der Waals surface area contributed by atoms with E-state index < -0.39 is 23.5 Å². The Bertz CT molecular complexity index is 715. The molecule has 0 bridgehead atoms. The molecule has 1 aromatic rings. The van der Waals surface area contributed by atoms with Crippen LogP contribution in [0.3, 0.4) is 0 Å². The number of primary amides is 1. The summed E-state index contributed by atoms with van der Waals surface area (Å²) in [6, 6.07) is 8.31. The monoisotopic (exact) mass is 405 g/mol. The van der Waals surface area contributed by atoms with Crippen LogP contribution < -0.4 is 10.6 Å². The number of hydrogen-bond acceptors (Lipinski definition) is 5. The number of carbonyl (C=O) groups excluding carboxylic acids is 2. The molecule has 1 heterocycles. The molecule has 7 heteroatoms. The van der Waals surface area contributed by atoms with Gasteiger partial charge >= 0.3 is 0 Å². The van der Waals surface area contributed by atoms with E-state index in [4.69, 9.17) is 5.73 Å². The number of nitrogens with two attached hydrogens (primary N) is 1. The maximum Gasteiger partial charge on any atom is 0.278 e. The maximum absolute atomic E-state index is 13.1. The lowest BCUT2D eigenvalue weighted by Crippen LogP contribution is -2.61. The van der Waals surface area contributed by atoms with E-state index in [9.17, 15) is 19.8 Å². The fourth-order valence-corrected chi connectivity index (χ4v) is 3.87. The Morgan fingerprint density at radius 1 is 1.14 bits per heavy atom. The van der Waals surface area contributed by atoms with E-state index >= 15 is 0 Å². The minimum atomic E-state index is -2.86. The van der Waals surface area contributed by atoms with Crippen molar-refractivity contribution in [3.8, 4) is 0 Å². The van der Waals surface area contributed by atoms with E-state index in [0.717, 1.165) is 5.69 Å². The number of carbonyl (C=O) groups is 2. The zero-order valence-electron chi connectivity index (χ0n) is 18.1. The molecule has 0 aromatic heterocycles. The van der Waals surface area contributed by atoms with Gasteiger partial charge in [0.25, 0.3) is 11.7 Å². The summed E-state index contributed by atoms with van der Waals surface area (Å²) in [6.45, 7) is 11.7. The van der Waals surface area contributed by atoms with Gasteiger partial charge in [-0.2, -0.15) is 0 Å². The van der Waals surface area contributed by atoms with Crippen molar-refractivity contribution in [2.45, 2.75) is 58.8 Å². The maximum atomic E-state index is 13.1. The second-order valence-corrected chi connectivity index (χ2v) is 8.85. The molecule has 0 radical (unpaired) electrons. The molecular formula is C22H35N3O4. The molecule has 4 N–H and O–H groups in total. The summed E-state index contributed by atoms with van der Waals surface area (Å²) in [5.74, 6) is -5.40. The predicted octanol–water partition coefficient (Wildman–Crippen LogP) is 1.68. The SMILES string of the molecule is CC(C)CC(C(=O)N1CCN(c2ccc(C(C)C)cc2)C[C@H]1C)C(O)(O)C(N)=O. The standard InChI is InChI=1S/C22H35N3O4/c1-14(2)12-19(22(28,29)21(23)27)20(26)25-11-10-24(13-16(25)5)18-8-6-17(7-9-18)15(3)4/h6-9,14-16,19,28-29H,10-13H2,1-5H3,(H2,23,27)/t16-,19?/m1/s1. The average Bonchev–Trinajstić information content (AvgIpc) is 2.65. The number of nitrogens with zero attached hydrogens (tertiary/aromatic N) is 2. The van der Waals surface area contributed by atoms with Gasteiger partial charge < -0.3 is 25.7 Å². The number of rotatable bonds is 7. The average molecular weight is 406 g/mol. The first kappa shape index (κ1) is 23.2. The second kappa shape index (κ2) is 9.13. The summed E-state index contributed by atoms with van der Waals surface area (Å²) in [6.07, 6.45) is 0.165. The van der Waals surface area contributed by atoms with Crippen LogP contribution in [0.1, 0.15) is 52.5 Å². The first-order chi connectivity index (χ1) is 13.4. The Hall–Kier alpha value is -2.12. The molecule has 1 aliphatic rings. The fourth-order valence-electron chi connectivity index (χ4n) is 3.87. The van der Waals surface area contributed by atoms with Crippen molar-refractivity contribution in [2.24, 2.45) is 17.6 Å². The summed E-state index contributed by atoms with van der Waals surface area (Å²) in [5.41, 5.74) is 7.54. The van der Waals surface area contributed by atoms with Crippen LogP contribution in [-0.4, -0.2) is 58.4 Å². The molecule has 1 unspecified atom stereocenters. The molecule has 2 rings (SSSR count). The van der Waals surface area contributed by atoms with Gasteiger partial charge in [-0.3, -0.25) is 9.59 Å². The Morgan fingerprint density at radius 3 is 2.17 bits per heavy atom. The van der Waals surface area contributed by atoms with Crippen LogP contribution in [0.2, 0.25) is 0 Å². The van der Waals surface area contributed by atoms with Crippen LogP contribution in [-0.2, 0) is 9.59 Å². The van der Waals surface area contributed by atoms with Crippen molar-refractivity contribution >= 4 is 17.5 Å². The van der Waals surface area contributed by atoms with Crippen molar-refractivity contribution in [3.05, 3.63) is 29.8 Å². The molecule has 0 spiro atoms. The number of piperazine rings is 1. The van der Waals surface area contributed by atoms with Crippen LogP contribution in [0.25, 0.3) is 0 Å². The van der Waals surface area contributed by atoms with Gasteiger partial charge in [-0.05, 0) is 42.9 Å². The highest BCUT2D eigenvalue weighted by molar-refractivity contribution is 5.90. The summed E-state index contributed by atoms with van der Waals surface area (Å²) in [5, 5.41) is 20.4. The highest BCUT2D eigenvalue weighted by Crippen LogP contribution is 2.28. The molecule has 1 fully saturated rings. The van der Waals surface area contributed by atoms with E-state index in [1.54, 1.807) is 4.90 Å². The first-order valence-corrected chi connectivity index (χ1v) is 10.3. The molecule has 162 valence electrons. The highest BCUT2D eigenvalue weighted by Gasteiger charge is 2.47. The number of aliphatic hydroxyl groups is 2. The lowest BCUT2D eigenvalue weighted by molar-refractivity contribution is -0.209. The molecule has 1 aliphatic heterocycles. The normalized spacial score (nSPS) is 19.0. The minimum Gasteiger partial charge on any atom is -0.368 e. The number of benzene rings is 1. The van der Waals surface area contributed by atoms with E-state index in [1.807, 2.05) is 20.8 Å². The Kier molecular flexibility index (Phi) is 7.30. The summed E-state index contributed by atoms with van der Waals surface area (Å²) in [7, 11) is 0. The van der Waals surface area contributed by atoms with Crippen LogP contribution in [0, 0.1) is 11.8 Å². The third kappa shape index (κ3) is 5.28. The van der Waals surface area contributed by atoms with Gasteiger partial charge in [-0.25, -0.2) is 0 Å². The molecule has 1 aromatic carbocycles. The van der Waals surface area contributed by atoms with Gasteiger partial charge in [-0.1, -0.05) is 39.8 Å². The summed E-state index contributed by atoms with van der Waals surface area (Å²) >= 11 is 0.